The van der Waals surface area contributed by atoms with Crippen molar-refractivity contribution in [1.82, 2.24) is 4.90 Å². The van der Waals surface area contributed by atoms with Gasteiger partial charge >= 0.3 is 11.8 Å². The van der Waals surface area contributed by atoms with E-state index in [1.165, 1.54) is 0 Å². The Morgan fingerprint density at radius 2 is 1.56 bits per heavy atom. The second-order valence-corrected chi connectivity index (χ2v) is 8.48. The summed E-state index contributed by atoms with van der Waals surface area (Å²) in [6, 6.07) is 24.1. The van der Waals surface area contributed by atoms with Gasteiger partial charge in [-0.05, 0) is 44.4 Å². The molecular weight excluding hydrogens is 430 g/mol. The lowest BCUT2D eigenvalue weighted by Gasteiger charge is -2.34. The van der Waals surface area contributed by atoms with Crippen molar-refractivity contribution in [2.75, 3.05) is 13.2 Å². The Labute approximate surface area is 199 Å². The molecule has 174 valence electrons. The van der Waals surface area contributed by atoms with E-state index in [0.717, 1.165) is 24.0 Å². The number of carbonyl (C=O) groups excluding carboxylic acids is 2. The summed E-state index contributed by atoms with van der Waals surface area (Å²) < 4.78 is 18.1. The normalized spacial score (nSPS) is 18.4. The first-order valence-corrected chi connectivity index (χ1v) is 11.7. The Kier molecular flexibility index (Phi) is 5.97. The van der Waals surface area contributed by atoms with Gasteiger partial charge < -0.3 is 19.1 Å². The number of nitrogens with zero attached hydrogens (tertiary/aromatic N) is 1. The molecule has 0 spiro atoms. The number of piperidine rings is 1. The van der Waals surface area contributed by atoms with Gasteiger partial charge in [0.05, 0.1) is 6.61 Å². The summed E-state index contributed by atoms with van der Waals surface area (Å²) in [5.74, 6) is -0.650. The molecule has 0 saturated carbocycles. The van der Waals surface area contributed by atoms with Crippen LogP contribution < -0.4 is 9.47 Å². The van der Waals surface area contributed by atoms with Gasteiger partial charge in [0.2, 0.25) is 0 Å². The smallest absolute Gasteiger partial charge is 0.328 e. The number of esters is 1. The molecule has 0 bridgehead atoms. The number of carbonyl (C=O) groups is 2. The first-order chi connectivity index (χ1) is 16.6. The Bertz CT molecular complexity index is 1140. The third kappa shape index (κ3) is 3.89. The van der Waals surface area contributed by atoms with Crippen LogP contribution >= 0.6 is 0 Å². The molecule has 0 aromatic heterocycles. The predicted octanol–water partition coefficient (Wildman–Crippen LogP) is 4.92. The number of benzene rings is 3. The van der Waals surface area contributed by atoms with Gasteiger partial charge in [-0.15, -0.1) is 0 Å². The van der Waals surface area contributed by atoms with Crippen LogP contribution in [0.1, 0.15) is 47.7 Å². The quantitative estimate of drug-likeness (QED) is 0.509. The van der Waals surface area contributed by atoms with Gasteiger partial charge in [0.15, 0.2) is 11.5 Å². The van der Waals surface area contributed by atoms with E-state index in [-0.39, 0.29) is 11.9 Å². The van der Waals surface area contributed by atoms with E-state index in [2.05, 4.69) is 0 Å². The fourth-order valence-corrected chi connectivity index (χ4v) is 4.68. The fourth-order valence-electron chi connectivity index (χ4n) is 4.68. The highest BCUT2D eigenvalue weighted by molar-refractivity contribution is 5.97. The molecular formula is C28H27NO5. The average Bonchev–Trinajstić information content (AvgIpc) is 3.29. The molecule has 5 rings (SSSR count). The molecule has 3 aromatic carbocycles. The summed E-state index contributed by atoms with van der Waals surface area (Å²) in [6.45, 7) is 2.59. The lowest BCUT2D eigenvalue weighted by Crippen LogP contribution is -2.48. The zero-order valence-electron chi connectivity index (χ0n) is 19.1. The molecule has 2 aliphatic heterocycles. The standard InChI is InChI=1S/C28H27NO5/c1-2-32-27(31)23-15-9-10-18-29(23)26(30)20-16-17-24-25(19-20)34-28(33-24,21-11-5-3-6-12-21)22-13-7-4-8-14-22/h3-8,11-14,16-17,19,23H,2,9-10,15,18H2,1H3. The van der Waals surface area contributed by atoms with Crippen LogP contribution in [0.2, 0.25) is 0 Å². The van der Waals surface area contributed by atoms with Gasteiger partial charge in [-0.3, -0.25) is 4.79 Å². The highest BCUT2D eigenvalue weighted by Gasteiger charge is 2.45. The lowest BCUT2D eigenvalue weighted by atomic mass is 9.97. The third-order valence-electron chi connectivity index (χ3n) is 6.33. The Hall–Kier alpha value is -3.80. The van der Waals surface area contributed by atoms with Gasteiger partial charge in [-0.1, -0.05) is 60.7 Å². The van der Waals surface area contributed by atoms with Crippen LogP contribution in [0.15, 0.2) is 78.9 Å². The van der Waals surface area contributed by atoms with Crippen molar-refractivity contribution >= 4 is 11.9 Å². The molecule has 1 saturated heterocycles. The average molecular weight is 458 g/mol. The van der Waals surface area contributed by atoms with E-state index >= 15 is 0 Å². The first-order valence-electron chi connectivity index (χ1n) is 11.7. The van der Waals surface area contributed by atoms with Crippen LogP contribution in [0.4, 0.5) is 0 Å². The lowest BCUT2D eigenvalue weighted by molar-refractivity contribution is -0.149. The molecule has 6 nitrogen and oxygen atoms in total. The number of ether oxygens (including phenoxy) is 3. The number of hydrogen-bond acceptors (Lipinski definition) is 5. The minimum absolute atomic E-state index is 0.207. The molecule has 1 amide bonds. The number of rotatable bonds is 5. The number of fused-ring (bicyclic) bond motifs is 1. The maximum Gasteiger partial charge on any atom is 0.328 e. The maximum absolute atomic E-state index is 13.4. The largest absolute Gasteiger partial charge is 0.464 e. The minimum atomic E-state index is -1.15. The number of amides is 1. The van der Waals surface area contributed by atoms with Crippen LogP contribution in [-0.4, -0.2) is 36.0 Å². The van der Waals surface area contributed by atoms with Gasteiger partial charge in [0.25, 0.3) is 5.91 Å². The summed E-state index contributed by atoms with van der Waals surface area (Å²) in [4.78, 5) is 27.5. The molecule has 3 aromatic rings. The molecule has 0 N–H and O–H groups in total. The second kappa shape index (κ2) is 9.21. The molecule has 1 fully saturated rings. The topological polar surface area (TPSA) is 65.1 Å². The first kappa shape index (κ1) is 22.0. The van der Waals surface area contributed by atoms with Gasteiger partial charge in [-0.25, -0.2) is 4.79 Å². The van der Waals surface area contributed by atoms with Crippen LogP contribution in [0, 0.1) is 0 Å². The van der Waals surface area contributed by atoms with Crippen molar-refractivity contribution in [2.45, 2.75) is 38.0 Å². The van der Waals surface area contributed by atoms with Gasteiger partial charge in [0.1, 0.15) is 6.04 Å². The second-order valence-electron chi connectivity index (χ2n) is 8.48. The third-order valence-corrected chi connectivity index (χ3v) is 6.33. The van der Waals surface area contributed by atoms with Crippen LogP contribution in [0.3, 0.4) is 0 Å². The van der Waals surface area contributed by atoms with E-state index in [9.17, 15) is 9.59 Å². The highest BCUT2D eigenvalue weighted by atomic mass is 16.7. The molecule has 1 unspecified atom stereocenters. The van der Waals surface area contributed by atoms with Crippen molar-refractivity contribution in [2.24, 2.45) is 0 Å². The van der Waals surface area contributed by atoms with E-state index in [0.29, 0.717) is 36.6 Å². The summed E-state index contributed by atoms with van der Waals surface area (Å²) in [6.07, 6.45) is 2.36. The zero-order chi connectivity index (χ0) is 23.5. The van der Waals surface area contributed by atoms with Crippen molar-refractivity contribution in [1.29, 1.82) is 0 Å². The molecule has 34 heavy (non-hydrogen) atoms. The van der Waals surface area contributed by atoms with Crippen molar-refractivity contribution < 1.29 is 23.8 Å². The Balaban J connectivity index is 1.47. The Morgan fingerprint density at radius 1 is 0.912 bits per heavy atom. The maximum atomic E-state index is 13.4. The SMILES string of the molecule is CCOC(=O)C1CCCCN1C(=O)c1ccc2c(c1)OC(c1ccccc1)(c1ccccc1)O2. The predicted molar refractivity (Wildman–Crippen MR) is 127 cm³/mol. The van der Waals surface area contributed by atoms with Gasteiger partial charge in [-0.2, -0.15) is 0 Å². The minimum Gasteiger partial charge on any atom is -0.464 e. The Morgan fingerprint density at radius 3 is 2.21 bits per heavy atom. The van der Waals surface area contributed by atoms with Crippen LogP contribution in [0.5, 0.6) is 11.5 Å². The van der Waals surface area contributed by atoms with Crippen LogP contribution in [0.25, 0.3) is 0 Å². The van der Waals surface area contributed by atoms with E-state index in [1.807, 2.05) is 60.7 Å². The molecule has 2 heterocycles. The molecule has 0 radical (unpaired) electrons. The molecule has 1 atom stereocenters. The van der Waals surface area contributed by atoms with E-state index in [1.54, 1.807) is 30.0 Å². The molecule has 2 aliphatic rings. The summed E-state index contributed by atoms with van der Waals surface area (Å²) in [5, 5.41) is 0. The molecule has 6 heteroatoms. The van der Waals surface area contributed by atoms with E-state index in [4.69, 9.17) is 14.2 Å². The van der Waals surface area contributed by atoms with Gasteiger partial charge in [0, 0.05) is 23.2 Å². The van der Waals surface area contributed by atoms with Crippen molar-refractivity contribution in [3.05, 3.63) is 95.6 Å². The van der Waals surface area contributed by atoms with Crippen molar-refractivity contribution in [3.63, 3.8) is 0 Å². The summed E-state index contributed by atoms with van der Waals surface area (Å²) >= 11 is 0. The van der Waals surface area contributed by atoms with E-state index < -0.39 is 11.8 Å². The summed E-state index contributed by atoms with van der Waals surface area (Å²) in [7, 11) is 0. The number of likely N-dealkylation sites (tertiary alicyclic amines) is 1. The fraction of sp³-hybridized carbons (Fsp3) is 0.286. The number of hydrogen-bond donors (Lipinski definition) is 0. The van der Waals surface area contributed by atoms with Crippen molar-refractivity contribution in [3.8, 4) is 11.5 Å². The summed E-state index contributed by atoms with van der Waals surface area (Å²) in [5.41, 5.74) is 2.16. The zero-order valence-corrected chi connectivity index (χ0v) is 19.1. The molecule has 0 aliphatic carbocycles. The van der Waals surface area contributed by atoms with Crippen LogP contribution in [-0.2, 0) is 15.3 Å². The highest BCUT2D eigenvalue weighted by Crippen LogP contribution is 2.48. The monoisotopic (exact) mass is 457 g/mol.